The largest absolute Gasteiger partial charge is 0.449 e. The first-order valence-corrected chi connectivity index (χ1v) is 11.1. The van der Waals surface area contributed by atoms with Crippen molar-refractivity contribution in [3.63, 3.8) is 0 Å². The van der Waals surface area contributed by atoms with Gasteiger partial charge in [-0.3, -0.25) is 4.79 Å². The van der Waals surface area contributed by atoms with Gasteiger partial charge in [-0.2, -0.15) is 26.3 Å². The van der Waals surface area contributed by atoms with E-state index in [1.807, 2.05) is 34.6 Å². The summed E-state index contributed by atoms with van der Waals surface area (Å²) in [4.78, 5) is 13.2. The van der Waals surface area contributed by atoms with E-state index < -0.39 is 52.2 Å². The molecule has 2 rings (SSSR count). The van der Waals surface area contributed by atoms with Gasteiger partial charge in [0.05, 0.1) is 5.41 Å². The Kier molecular flexibility index (Phi) is 6.62. The van der Waals surface area contributed by atoms with Gasteiger partial charge in [0, 0.05) is 5.92 Å². The molecule has 3 atom stereocenters. The van der Waals surface area contributed by atoms with Crippen LogP contribution < -0.4 is 0 Å². The summed E-state index contributed by atoms with van der Waals surface area (Å²) in [6.07, 6.45) is -9.88. The van der Waals surface area contributed by atoms with E-state index >= 15 is 0 Å². The second-order valence-electron chi connectivity index (χ2n) is 12.1. The third kappa shape index (κ3) is 4.78. The van der Waals surface area contributed by atoms with Crippen LogP contribution in [0.3, 0.4) is 0 Å². The summed E-state index contributed by atoms with van der Waals surface area (Å²) in [6, 6.07) is 0. The predicted molar refractivity (Wildman–Crippen MR) is 108 cm³/mol. The minimum absolute atomic E-state index is 0.226. The molecule has 0 spiro atoms. The molecular formula is C23H36F6O3. The maximum Gasteiger partial charge on any atom is 0.428 e. The van der Waals surface area contributed by atoms with Gasteiger partial charge >= 0.3 is 18.3 Å². The highest BCUT2D eigenvalue weighted by Crippen LogP contribution is 2.69. The molecular weight excluding hydrogens is 438 g/mol. The van der Waals surface area contributed by atoms with Crippen molar-refractivity contribution in [1.29, 1.82) is 0 Å². The molecule has 0 aromatic heterocycles. The lowest BCUT2D eigenvalue weighted by atomic mass is 9.69. The van der Waals surface area contributed by atoms with Crippen LogP contribution in [0.5, 0.6) is 0 Å². The molecule has 2 fully saturated rings. The SMILES string of the molecule is CC(C)(C)CC1(C(=O)OC(C)(C2CCC(C(C)(O)C(F)(F)F)CC2)C(F)(F)F)CC1(C)C. The third-order valence-corrected chi connectivity index (χ3v) is 7.88. The van der Waals surface area contributed by atoms with Crippen molar-refractivity contribution < 1.29 is 41.0 Å². The Morgan fingerprint density at radius 1 is 0.875 bits per heavy atom. The Bertz CT molecular complexity index is 711. The lowest BCUT2D eigenvalue weighted by Crippen LogP contribution is -2.56. The Hall–Kier alpha value is -0.990. The van der Waals surface area contributed by atoms with Crippen molar-refractivity contribution in [2.75, 3.05) is 0 Å². The summed E-state index contributed by atoms with van der Waals surface area (Å²) in [5.41, 5.74) is -7.59. The van der Waals surface area contributed by atoms with Gasteiger partial charge in [-0.15, -0.1) is 0 Å². The Balaban J connectivity index is 2.25. The molecule has 0 bridgehead atoms. The molecule has 3 unspecified atom stereocenters. The van der Waals surface area contributed by atoms with E-state index in [1.165, 1.54) is 0 Å². The van der Waals surface area contributed by atoms with E-state index in [-0.39, 0.29) is 31.1 Å². The van der Waals surface area contributed by atoms with Crippen molar-refractivity contribution in [1.82, 2.24) is 0 Å². The molecule has 2 aliphatic rings. The van der Waals surface area contributed by atoms with Gasteiger partial charge in [-0.25, -0.2) is 0 Å². The van der Waals surface area contributed by atoms with Gasteiger partial charge in [0.2, 0.25) is 5.60 Å². The minimum Gasteiger partial charge on any atom is -0.449 e. The van der Waals surface area contributed by atoms with Gasteiger partial charge < -0.3 is 9.84 Å². The van der Waals surface area contributed by atoms with Gasteiger partial charge in [-0.1, -0.05) is 34.6 Å². The number of hydrogen-bond acceptors (Lipinski definition) is 3. The number of halogens is 6. The third-order valence-electron chi connectivity index (χ3n) is 7.88. The second-order valence-corrected chi connectivity index (χ2v) is 12.1. The van der Waals surface area contributed by atoms with E-state index in [0.717, 1.165) is 6.92 Å². The van der Waals surface area contributed by atoms with E-state index in [1.54, 1.807) is 0 Å². The molecule has 2 saturated carbocycles. The highest BCUT2D eigenvalue weighted by Gasteiger charge is 2.70. The number of hydrogen-bond donors (Lipinski definition) is 1. The quantitative estimate of drug-likeness (QED) is 0.351. The number of ether oxygens (including phenoxy) is 1. The number of aliphatic hydroxyl groups is 1. The Morgan fingerprint density at radius 3 is 1.59 bits per heavy atom. The van der Waals surface area contributed by atoms with Crippen LogP contribution in [0, 0.1) is 28.1 Å². The van der Waals surface area contributed by atoms with Crippen molar-refractivity contribution in [3.8, 4) is 0 Å². The van der Waals surface area contributed by atoms with Crippen LogP contribution in [0.4, 0.5) is 26.3 Å². The molecule has 9 heteroatoms. The number of rotatable bonds is 5. The smallest absolute Gasteiger partial charge is 0.428 e. The lowest BCUT2D eigenvalue weighted by molar-refractivity contribution is -0.295. The fourth-order valence-corrected chi connectivity index (χ4v) is 5.44. The zero-order chi connectivity index (χ0) is 25.2. The van der Waals surface area contributed by atoms with Crippen LogP contribution in [0.25, 0.3) is 0 Å². The average molecular weight is 475 g/mol. The van der Waals surface area contributed by atoms with Gasteiger partial charge in [0.1, 0.15) is 0 Å². The first-order chi connectivity index (χ1) is 14.0. The normalized spacial score (nSPS) is 32.6. The first-order valence-electron chi connectivity index (χ1n) is 11.1. The van der Waals surface area contributed by atoms with Crippen LogP contribution in [0.15, 0.2) is 0 Å². The molecule has 0 amide bonds. The second kappa shape index (κ2) is 7.77. The van der Waals surface area contributed by atoms with Crippen molar-refractivity contribution in [2.45, 2.75) is 111 Å². The molecule has 0 radical (unpaired) electrons. The van der Waals surface area contributed by atoms with Crippen LogP contribution in [-0.4, -0.2) is 34.6 Å². The summed E-state index contributed by atoms with van der Waals surface area (Å²) in [5, 5.41) is 9.92. The van der Waals surface area contributed by atoms with Crippen LogP contribution in [-0.2, 0) is 9.53 Å². The molecule has 32 heavy (non-hydrogen) atoms. The van der Waals surface area contributed by atoms with E-state index in [2.05, 4.69) is 0 Å². The average Bonchev–Trinajstić information content (AvgIpc) is 3.12. The van der Waals surface area contributed by atoms with Crippen molar-refractivity contribution in [3.05, 3.63) is 0 Å². The van der Waals surface area contributed by atoms with Crippen LogP contribution >= 0.6 is 0 Å². The monoisotopic (exact) mass is 474 g/mol. The van der Waals surface area contributed by atoms with Crippen molar-refractivity contribution >= 4 is 5.97 Å². The fourth-order valence-electron chi connectivity index (χ4n) is 5.44. The molecule has 0 aliphatic heterocycles. The zero-order valence-electron chi connectivity index (χ0n) is 19.9. The number of carbonyl (C=O) groups excluding carboxylic acids is 1. The van der Waals surface area contributed by atoms with E-state index in [9.17, 15) is 36.2 Å². The zero-order valence-corrected chi connectivity index (χ0v) is 19.9. The molecule has 0 heterocycles. The Labute approximate surface area is 186 Å². The van der Waals surface area contributed by atoms with E-state index in [4.69, 9.17) is 4.74 Å². The molecule has 0 aromatic carbocycles. The summed E-state index contributed by atoms with van der Waals surface area (Å²) in [5.74, 6) is -3.27. The highest BCUT2D eigenvalue weighted by atomic mass is 19.4. The maximum absolute atomic E-state index is 14.2. The molecule has 1 N–H and O–H groups in total. The summed E-state index contributed by atoms with van der Waals surface area (Å²) >= 11 is 0. The fraction of sp³-hybridized carbons (Fsp3) is 0.957. The Morgan fingerprint density at radius 2 is 1.28 bits per heavy atom. The number of alkyl halides is 6. The predicted octanol–water partition coefficient (Wildman–Crippen LogP) is 6.82. The lowest BCUT2D eigenvalue weighted by Gasteiger charge is -2.45. The number of carbonyl (C=O) groups is 1. The van der Waals surface area contributed by atoms with Crippen molar-refractivity contribution in [2.24, 2.45) is 28.1 Å². The summed E-state index contributed by atoms with van der Waals surface area (Å²) in [6.45, 7) is 10.9. The van der Waals surface area contributed by atoms with Crippen LogP contribution in [0.2, 0.25) is 0 Å². The number of esters is 1. The van der Waals surface area contributed by atoms with Gasteiger partial charge in [-0.05, 0) is 69.1 Å². The molecule has 188 valence electrons. The maximum atomic E-state index is 14.2. The first kappa shape index (κ1) is 27.3. The van der Waals surface area contributed by atoms with Gasteiger partial charge in [0.25, 0.3) is 0 Å². The topological polar surface area (TPSA) is 46.5 Å². The summed E-state index contributed by atoms with van der Waals surface area (Å²) in [7, 11) is 0. The van der Waals surface area contributed by atoms with E-state index in [0.29, 0.717) is 19.8 Å². The highest BCUT2D eigenvalue weighted by molar-refractivity contribution is 5.82. The molecule has 0 saturated heterocycles. The molecule has 0 aromatic rings. The summed E-state index contributed by atoms with van der Waals surface area (Å²) < 4.78 is 87.4. The standard InChI is InChI=1S/C23H36F6O3/c1-17(2,3)12-21(13-18(21,4)5)16(30)32-20(7,23(27,28)29)15-10-8-14(9-11-15)19(6,31)22(24,25)26/h14-15,31H,8-13H2,1-7H3. The molecule has 2 aliphatic carbocycles. The molecule has 3 nitrogen and oxygen atoms in total. The van der Waals surface area contributed by atoms with Crippen LogP contribution in [0.1, 0.15) is 87.0 Å². The van der Waals surface area contributed by atoms with Gasteiger partial charge in [0.15, 0.2) is 5.60 Å². The minimum atomic E-state index is -4.88.